The summed E-state index contributed by atoms with van der Waals surface area (Å²) in [6, 6.07) is 1.82. The number of aliphatic hydroxyl groups is 1. The van der Waals surface area contributed by atoms with Crippen molar-refractivity contribution in [1.29, 1.82) is 0 Å². The smallest absolute Gasteiger partial charge is 0.289 e. The summed E-state index contributed by atoms with van der Waals surface area (Å²) in [7, 11) is 1.87. The molecule has 7 nitrogen and oxygen atoms in total. The van der Waals surface area contributed by atoms with Crippen LogP contribution in [0.3, 0.4) is 0 Å². The summed E-state index contributed by atoms with van der Waals surface area (Å²) >= 11 is 0. The van der Waals surface area contributed by atoms with E-state index in [0.717, 1.165) is 18.5 Å². The van der Waals surface area contributed by atoms with E-state index in [2.05, 4.69) is 20.3 Å². The highest BCUT2D eigenvalue weighted by molar-refractivity contribution is 5.91. The Bertz CT molecular complexity index is 713. The van der Waals surface area contributed by atoms with E-state index in [1.807, 2.05) is 11.6 Å². The standard InChI is InChI=1S/C16H21N5O2/c1-16(2,23)10-6-11(7-10)19-15(22)14-18-5-4-12(20-14)13-8-17-9-21(13)3/h4-5,8-11,23H,6-7H2,1-3H3,(H,19,22)/t10-,11-. The second kappa shape index (κ2) is 5.73. The number of carbonyl (C=O) groups excluding carboxylic acids is 1. The number of amides is 1. The number of nitrogens with zero attached hydrogens (tertiary/aromatic N) is 4. The van der Waals surface area contributed by atoms with Gasteiger partial charge in [0.05, 0.1) is 29.5 Å². The van der Waals surface area contributed by atoms with E-state index < -0.39 is 5.60 Å². The third-order valence-electron chi connectivity index (χ3n) is 4.41. The molecule has 7 heteroatoms. The van der Waals surface area contributed by atoms with E-state index in [4.69, 9.17) is 0 Å². The number of hydrogen-bond acceptors (Lipinski definition) is 5. The molecule has 1 saturated carbocycles. The van der Waals surface area contributed by atoms with Crippen molar-refractivity contribution in [3.8, 4) is 11.4 Å². The molecule has 122 valence electrons. The molecule has 0 atom stereocenters. The third kappa shape index (κ3) is 3.24. The van der Waals surface area contributed by atoms with Gasteiger partial charge >= 0.3 is 0 Å². The average Bonchev–Trinajstić information content (AvgIpc) is 2.87. The van der Waals surface area contributed by atoms with Crippen molar-refractivity contribution in [3.05, 3.63) is 30.6 Å². The molecule has 2 aromatic heterocycles. The average molecular weight is 315 g/mol. The minimum Gasteiger partial charge on any atom is -0.390 e. The molecule has 3 rings (SSSR count). The van der Waals surface area contributed by atoms with Crippen LogP contribution in [0.4, 0.5) is 0 Å². The highest BCUT2D eigenvalue weighted by Gasteiger charge is 2.39. The van der Waals surface area contributed by atoms with Gasteiger partial charge in [-0.25, -0.2) is 15.0 Å². The van der Waals surface area contributed by atoms with Crippen molar-refractivity contribution in [3.63, 3.8) is 0 Å². The summed E-state index contributed by atoms with van der Waals surface area (Å²) in [6.45, 7) is 3.60. The first kappa shape index (κ1) is 15.6. The van der Waals surface area contributed by atoms with Crippen LogP contribution in [0.2, 0.25) is 0 Å². The summed E-state index contributed by atoms with van der Waals surface area (Å²) in [6.07, 6.45) is 6.50. The molecule has 1 fully saturated rings. The van der Waals surface area contributed by atoms with E-state index in [9.17, 15) is 9.90 Å². The number of carbonyl (C=O) groups is 1. The van der Waals surface area contributed by atoms with Gasteiger partial charge in [0.1, 0.15) is 0 Å². The predicted molar refractivity (Wildman–Crippen MR) is 84.5 cm³/mol. The lowest BCUT2D eigenvalue weighted by Crippen LogP contribution is -2.51. The Morgan fingerprint density at radius 1 is 1.43 bits per heavy atom. The predicted octanol–water partition coefficient (Wildman–Crippen LogP) is 1.16. The van der Waals surface area contributed by atoms with Crippen LogP contribution in [0.15, 0.2) is 24.8 Å². The lowest BCUT2D eigenvalue weighted by molar-refractivity contribution is -0.0309. The fourth-order valence-corrected chi connectivity index (χ4v) is 2.78. The van der Waals surface area contributed by atoms with Gasteiger partial charge in [0.2, 0.25) is 5.82 Å². The van der Waals surface area contributed by atoms with Crippen molar-refractivity contribution in [1.82, 2.24) is 24.8 Å². The summed E-state index contributed by atoms with van der Waals surface area (Å²) in [5.74, 6) is 0.0816. The van der Waals surface area contributed by atoms with Crippen LogP contribution in [0.1, 0.15) is 37.3 Å². The van der Waals surface area contributed by atoms with Crippen LogP contribution in [-0.2, 0) is 7.05 Å². The first-order chi connectivity index (χ1) is 10.8. The SMILES string of the molecule is Cn1cncc1-c1ccnc(C(=O)N[C@H]2C[C@H](C(C)(C)O)C2)n1. The van der Waals surface area contributed by atoms with Gasteiger partial charge in [-0.05, 0) is 38.7 Å². The minimum absolute atomic E-state index is 0.0721. The number of imidazole rings is 1. The Labute approximate surface area is 134 Å². The molecule has 0 bridgehead atoms. The molecular formula is C16H21N5O2. The second-order valence-corrected chi connectivity index (χ2v) is 6.65. The van der Waals surface area contributed by atoms with Gasteiger partial charge in [-0.2, -0.15) is 0 Å². The summed E-state index contributed by atoms with van der Waals surface area (Å²) in [4.78, 5) is 24.7. The number of hydrogen-bond donors (Lipinski definition) is 2. The molecule has 0 aliphatic heterocycles. The van der Waals surface area contributed by atoms with Gasteiger partial charge in [-0.3, -0.25) is 4.79 Å². The van der Waals surface area contributed by atoms with Crippen molar-refractivity contribution < 1.29 is 9.90 Å². The zero-order valence-electron chi connectivity index (χ0n) is 13.5. The molecule has 2 heterocycles. The number of nitrogens with one attached hydrogen (secondary N) is 1. The summed E-state index contributed by atoms with van der Waals surface area (Å²) in [5.41, 5.74) is 0.789. The number of rotatable bonds is 4. The first-order valence-electron chi connectivity index (χ1n) is 7.67. The normalized spacial score (nSPS) is 20.9. The van der Waals surface area contributed by atoms with E-state index in [1.54, 1.807) is 38.6 Å². The lowest BCUT2D eigenvalue weighted by atomic mass is 9.71. The first-order valence-corrected chi connectivity index (χ1v) is 7.67. The molecule has 1 aliphatic carbocycles. The topological polar surface area (TPSA) is 92.9 Å². The summed E-state index contributed by atoms with van der Waals surface area (Å²) < 4.78 is 1.84. The zero-order chi connectivity index (χ0) is 16.6. The van der Waals surface area contributed by atoms with Crippen LogP contribution < -0.4 is 5.32 Å². The maximum atomic E-state index is 12.3. The Morgan fingerprint density at radius 3 is 2.78 bits per heavy atom. The minimum atomic E-state index is -0.697. The molecule has 0 unspecified atom stereocenters. The van der Waals surface area contributed by atoms with Crippen LogP contribution in [-0.4, -0.2) is 42.2 Å². The number of aryl methyl sites for hydroxylation is 1. The summed E-state index contributed by atoms with van der Waals surface area (Å²) in [5, 5.41) is 12.9. The molecule has 23 heavy (non-hydrogen) atoms. The van der Waals surface area contributed by atoms with Crippen molar-refractivity contribution in [2.24, 2.45) is 13.0 Å². The molecule has 0 aromatic carbocycles. The molecule has 1 aliphatic rings. The molecule has 0 spiro atoms. The lowest BCUT2D eigenvalue weighted by Gasteiger charge is -2.42. The Kier molecular flexibility index (Phi) is 3.89. The fourth-order valence-electron chi connectivity index (χ4n) is 2.78. The van der Waals surface area contributed by atoms with Gasteiger partial charge in [-0.1, -0.05) is 0 Å². The molecule has 2 N–H and O–H groups in total. The van der Waals surface area contributed by atoms with E-state index in [0.29, 0.717) is 5.69 Å². The van der Waals surface area contributed by atoms with Gasteiger partial charge < -0.3 is 15.0 Å². The quantitative estimate of drug-likeness (QED) is 0.883. The monoisotopic (exact) mass is 315 g/mol. The van der Waals surface area contributed by atoms with E-state index >= 15 is 0 Å². The van der Waals surface area contributed by atoms with Gasteiger partial charge in [0.15, 0.2) is 0 Å². The van der Waals surface area contributed by atoms with E-state index in [-0.39, 0.29) is 23.7 Å². The van der Waals surface area contributed by atoms with E-state index in [1.165, 1.54) is 0 Å². The third-order valence-corrected chi connectivity index (χ3v) is 4.41. The largest absolute Gasteiger partial charge is 0.390 e. The van der Waals surface area contributed by atoms with Crippen molar-refractivity contribution >= 4 is 5.91 Å². The molecule has 1 amide bonds. The number of aromatic nitrogens is 4. The van der Waals surface area contributed by atoms with Crippen LogP contribution in [0.5, 0.6) is 0 Å². The van der Waals surface area contributed by atoms with Gasteiger partial charge in [0, 0.05) is 19.3 Å². The fraction of sp³-hybridized carbons (Fsp3) is 0.500. The van der Waals surface area contributed by atoms with Crippen LogP contribution in [0, 0.1) is 5.92 Å². The Hall–Kier alpha value is -2.28. The van der Waals surface area contributed by atoms with Gasteiger partial charge in [0.25, 0.3) is 5.91 Å². The van der Waals surface area contributed by atoms with Crippen molar-refractivity contribution in [2.75, 3.05) is 0 Å². The highest BCUT2D eigenvalue weighted by atomic mass is 16.3. The van der Waals surface area contributed by atoms with Crippen LogP contribution >= 0.6 is 0 Å². The molecule has 0 saturated heterocycles. The Morgan fingerprint density at radius 2 is 2.17 bits per heavy atom. The van der Waals surface area contributed by atoms with Crippen molar-refractivity contribution in [2.45, 2.75) is 38.3 Å². The van der Waals surface area contributed by atoms with Gasteiger partial charge in [-0.15, -0.1) is 0 Å². The Balaban J connectivity index is 1.66. The molecular weight excluding hydrogens is 294 g/mol. The maximum Gasteiger partial charge on any atom is 0.289 e. The van der Waals surface area contributed by atoms with Crippen LogP contribution in [0.25, 0.3) is 11.4 Å². The zero-order valence-corrected chi connectivity index (χ0v) is 13.5. The second-order valence-electron chi connectivity index (χ2n) is 6.65. The molecule has 0 radical (unpaired) electrons. The highest BCUT2D eigenvalue weighted by Crippen LogP contribution is 2.36. The maximum absolute atomic E-state index is 12.3. The molecule has 2 aromatic rings.